The average molecular weight is 260 g/mol. The first-order valence-electron chi connectivity index (χ1n) is 6.06. The van der Waals surface area contributed by atoms with Gasteiger partial charge in [-0.2, -0.15) is 13.2 Å². The number of alkyl halides is 3. The molecule has 0 aromatic heterocycles. The maximum atomic E-state index is 12.8. The van der Waals surface area contributed by atoms with Crippen LogP contribution in [0.3, 0.4) is 0 Å². The van der Waals surface area contributed by atoms with Crippen LogP contribution >= 0.6 is 0 Å². The van der Waals surface area contributed by atoms with Crippen molar-refractivity contribution in [2.24, 2.45) is 5.73 Å². The van der Waals surface area contributed by atoms with Gasteiger partial charge in [0.2, 0.25) is 0 Å². The Labute approximate surface area is 105 Å². The summed E-state index contributed by atoms with van der Waals surface area (Å²) in [5.74, 6) is 0. The smallest absolute Gasteiger partial charge is 0.330 e. The summed E-state index contributed by atoms with van der Waals surface area (Å²) in [6, 6.07) is 5.35. The molecule has 0 heterocycles. The van der Waals surface area contributed by atoms with Gasteiger partial charge in [-0.3, -0.25) is 0 Å². The number of rotatable bonds is 6. The lowest BCUT2D eigenvalue weighted by molar-refractivity contribution is -0.138. The van der Waals surface area contributed by atoms with Gasteiger partial charge in [0.15, 0.2) is 0 Å². The van der Waals surface area contributed by atoms with Crippen LogP contribution in [0.5, 0.6) is 0 Å². The second-order valence-corrected chi connectivity index (χ2v) is 4.26. The van der Waals surface area contributed by atoms with Crippen molar-refractivity contribution in [1.82, 2.24) is 5.32 Å². The van der Waals surface area contributed by atoms with E-state index in [0.717, 1.165) is 18.9 Å². The molecule has 5 heteroatoms. The molecule has 0 aliphatic carbocycles. The van der Waals surface area contributed by atoms with E-state index in [1.54, 1.807) is 13.0 Å². The van der Waals surface area contributed by atoms with E-state index in [1.807, 2.05) is 0 Å². The van der Waals surface area contributed by atoms with Crippen molar-refractivity contribution in [3.05, 3.63) is 35.4 Å². The molecule has 0 fully saturated rings. The molecule has 0 saturated heterocycles. The number of unbranched alkanes of at least 4 members (excludes halogenated alkanes) is 1. The number of benzene rings is 1. The topological polar surface area (TPSA) is 38.0 Å². The number of hydrogen-bond acceptors (Lipinski definition) is 2. The highest BCUT2D eigenvalue weighted by Gasteiger charge is 2.33. The molecule has 0 aliphatic rings. The van der Waals surface area contributed by atoms with Crippen molar-refractivity contribution >= 4 is 0 Å². The fourth-order valence-electron chi connectivity index (χ4n) is 1.83. The second-order valence-electron chi connectivity index (χ2n) is 4.26. The van der Waals surface area contributed by atoms with E-state index < -0.39 is 11.7 Å². The lowest BCUT2D eigenvalue weighted by Gasteiger charge is -2.19. The second kappa shape index (κ2) is 6.75. The predicted molar refractivity (Wildman–Crippen MR) is 66.2 cm³/mol. The Bertz CT molecular complexity index is 363. The molecular formula is C13H19F3N2. The van der Waals surface area contributed by atoms with E-state index in [1.165, 1.54) is 12.1 Å². The van der Waals surface area contributed by atoms with Crippen LogP contribution in [0.15, 0.2) is 24.3 Å². The molecule has 102 valence electrons. The van der Waals surface area contributed by atoms with E-state index in [-0.39, 0.29) is 11.6 Å². The first-order chi connectivity index (χ1) is 8.46. The van der Waals surface area contributed by atoms with Gasteiger partial charge in [0.1, 0.15) is 0 Å². The van der Waals surface area contributed by atoms with Gasteiger partial charge in [0.25, 0.3) is 0 Å². The maximum Gasteiger partial charge on any atom is 0.416 e. The third kappa shape index (κ3) is 4.31. The standard InChI is InChI=1S/C13H19F3N2/c1-10(18-9-5-4-8-17)11-6-2-3-7-12(11)13(14,15)16/h2-3,6-7,10,18H,4-5,8-9,17H2,1H3. The van der Waals surface area contributed by atoms with Gasteiger partial charge in [-0.15, -0.1) is 0 Å². The molecule has 0 amide bonds. The van der Waals surface area contributed by atoms with Crippen molar-refractivity contribution in [3.8, 4) is 0 Å². The van der Waals surface area contributed by atoms with Crippen LogP contribution in [-0.2, 0) is 6.18 Å². The zero-order valence-electron chi connectivity index (χ0n) is 10.4. The van der Waals surface area contributed by atoms with Crippen molar-refractivity contribution in [2.75, 3.05) is 13.1 Å². The third-order valence-corrected chi connectivity index (χ3v) is 2.81. The quantitative estimate of drug-likeness (QED) is 0.771. The fraction of sp³-hybridized carbons (Fsp3) is 0.538. The molecule has 0 aliphatic heterocycles. The van der Waals surface area contributed by atoms with E-state index in [9.17, 15) is 13.2 Å². The summed E-state index contributed by atoms with van der Waals surface area (Å²) < 4.78 is 38.4. The summed E-state index contributed by atoms with van der Waals surface area (Å²) in [6.45, 7) is 3.02. The lowest BCUT2D eigenvalue weighted by Crippen LogP contribution is -2.23. The van der Waals surface area contributed by atoms with Gasteiger partial charge >= 0.3 is 6.18 Å². The number of hydrogen-bond donors (Lipinski definition) is 2. The van der Waals surface area contributed by atoms with E-state index in [2.05, 4.69) is 5.32 Å². The molecule has 1 aromatic rings. The van der Waals surface area contributed by atoms with Gasteiger partial charge in [-0.25, -0.2) is 0 Å². The van der Waals surface area contributed by atoms with Crippen LogP contribution < -0.4 is 11.1 Å². The monoisotopic (exact) mass is 260 g/mol. The molecule has 1 atom stereocenters. The Kier molecular flexibility index (Phi) is 5.62. The highest BCUT2D eigenvalue weighted by atomic mass is 19.4. The SMILES string of the molecule is CC(NCCCCN)c1ccccc1C(F)(F)F. The summed E-state index contributed by atoms with van der Waals surface area (Å²) >= 11 is 0. The van der Waals surface area contributed by atoms with Crippen LogP contribution in [0, 0.1) is 0 Å². The molecular weight excluding hydrogens is 241 g/mol. The third-order valence-electron chi connectivity index (χ3n) is 2.81. The van der Waals surface area contributed by atoms with Gasteiger partial charge in [0.05, 0.1) is 5.56 Å². The molecule has 3 N–H and O–H groups in total. The van der Waals surface area contributed by atoms with Crippen LogP contribution in [0.1, 0.15) is 36.9 Å². The average Bonchev–Trinajstić information content (AvgIpc) is 2.33. The minimum Gasteiger partial charge on any atom is -0.330 e. The zero-order chi connectivity index (χ0) is 13.6. The Hall–Kier alpha value is -1.07. The van der Waals surface area contributed by atoms with Crippen LogP contribution in [-0.4, -0.2) is 13.1 Å². The fourth-order valence-corrected chi connectivity index (χ4v) is 1.83. The van der Waals surface area contributed by atoms with E-state index in [0.29, 0.717) is 13.1 Å². The first-order valence-corrected chi connectivity index (χ1v) is 6.06. The molecule has 18 heavy (non-hydrogen) atoms. The van der Waals surface area contributed by atoms with Gasteiger partial charge < -0.3 is 11.1 Å². The predicted octanol–water partition coefficient (Wildman–Crippen LogP) is 3.09. The number of nitrogens with one attached hydrogen (secondary N) is 1. The highest BCUT2D eigenvalue weighted by molar-refractivity contribution is 5.31. The molecule has 1 aromatic carbocycles. The zero-order valence-corrected chi connectivity index (χ0v) is 10.4. The lowest BCUT2D eigenvalue weighted by atomic mass is 10.0. The van der Waals surface area contributed by atoms with Crippen molar-refractivity contribution in [3.63, 3.8) is 0 Å². The number of halogens is 3. The van der Waals surface area contributed by atoms with E-state index >= 15 is 0 Å². The Balaban J connectivity index is 2.70. The first kappa shape index (κ1) is 15.0. The normalized spacial score (nSPS) is 13.6. The molecule has 1 rings (SSSR count). The van der Waals surface area contributed by atoms with Gasteiger partial charge in [0, 0.05) is 6.04 Å². The molecule has 0 bridgehead atoms. The van der Waals surface area contributed by atoms with Crippen molar-refractivity contribution in [1.29, 1.82) is 0 Å². The Morgan fingerprint density at radius 3 is 2.50 bits per heavy atom. The van der Waals surface area contributed by atoms with Gasteiger partial charge in [-0.1, -0.05) is 18.2 Å². The minimum absolute atomic E-state index is 0.290. The Morgan fingerprint density at radius 2 is 1.89 bits per heavy atom. The molecule has 2 nitrogen and oxygen atoms in total. The largest absolute Gasteiger partial charge is 0.416 e. The molecule has 0 radical (unpaired) electrons. The van der Waals surface area contributed by atoms with Gasteiger partial charge in [-0.05, 0) is 44.5 Å². The molecule has 0 saturated carbocycles. The number of nitrogens with two attached hydrogens (primary N) is 1. The summed E-state index contributed by atoms with van der Waals surface area (Å²) in [5.41, 5.74) is 5.08. The maximum absolute atomic E-state index is 12.8. The highest BCUT2D eigenvalue weighted by Crippen LogP contribution is 2.34. The Morgan fingerprint density at radius 1 is 1.22 bits per heavy atom. The molecule has 0 spiro atoms. The summed E-state index contributed by atoms with van der Waals surface area (Å²) in [4.78, 5) is 0. The van der Waals surface area contributed by atoms with Crippen molar-refractivity contribution in [2.45, 2.75) is 32.0 Å². The van der Waals surface area contributed by atoms with Crippen molar-refractivity contribution < 1.29 is 13.2 Å². The summed E-state index contributed by atoms with van der Waals surface area (Å²) in [5, 5.41) is 3.09. The molecule has 1 unspecified atom stereocenters. The van der Waals surface area contributed by atoms with E-state index in [4.69, 9.17) is 5.73 Å². The van der Waals surface area contributed by atoms with Crippen LogP contribution in [0.25, 0.3) is 0 Å². The van der Waals surface area contributed by atoms with Crippen LogP contribution in [0.4, 0.5) is 13.2 Å². The summed E-state index contributed by atoms with van der Waals surface area (Å²) in [7, 11) is 0. The summed E-state index contributed by atoms with van der Waals surface area (Å²) in [6.07, 6.45) is -2.56. The van der Waals surface area contributed by atoms with Crippen LogP contribution in [0.2, 0.25) is 0 Å². The minimum atomic E-state index is -4.30.